The quantitative estimate of drug-likeness (QED) is 0.879. The van der Waals surface area contributed by atoms with Crippen LogP contribution >= 0.6 is 11.6 Å². The molecule has 1 aliphatic rings. The average molecular weight is 311 g/mol. The molecular weight excluding hydrogens is 292 g/mol. The number of aliphatic hydroxyl groups excluding tert-OH is 1. The van der Waals surface area contributed by atoms with Crippen LogP contribution in [0.25, 0.3) is 0 Å². The van der Waals surface area contributed by atoms with E-state index in [9.17, 15) is 9.59 Å². The summed E-state index contributed by atoms with van der Waals surface area (Å²) >= 11 is 5.75. The SMILES string of the molecule is O=C(CN1CCC(CO)CC1)NC(=O)c1ccc(Cl)cc1. The standard InChI is InChI=1S/C15H19ClN2O3/c16-13-3-1-12(2-4-13)15(21)17-14(20)9-18-7-5-11(10-19)6-8-18/h1-4,11,19H,5-10H2,(H,17,20,21). The van der Waals surface area contributed by atoms with Crippen molar-refractivity contribution in [2.24, 2.45) is 5.92 Å². The lowest BCUT2D eigenvalue weighted by Gasteiger charge is -2.30. The van der Waals surface area contributed by atoms with Gasteiger partial charge in [0.25, 0.3) is 5.91 Å². The molecule has 1 aromatic carbocycles. The molecule has 114 valence electrons. The lowest BCUT2D eigenvalue weighted by molar-refractivity contribution is -0.121. The summed E-state index contributed by atoms with van der Waals surface area (Å²) in [5.74, 6) is -0.390. The van der Waals surface area contributed by atoms with Crippen LogP contribution in [0.2, 0.25) is 5.02 Å². The zero-order valence-electron chi connectivity index (χ0n) is 11.7. The number of hydrogen-bond donors (Lipinski definition) is 2. The van der Waals surface area contributed by atoms with E-state index < -0.39 is 5.91 Å². The van der Waals surface area contributed by atoms with Crippen LogP contribution in [-0.2, 0) is 4.79 Å². The third-order valence-corrected chi connectivity index (χ3v) is 3.94. The zero-order chi connectivity index (χ0) is 15.2. The second kappa shape index (κ2) is 7.54. The van der Waals surface area contributed by atoms with Crippen LogP contribution in [0.15, 0.2) is 24.3 Å². The van der Waals surface area contributed by atoms with Crippen molar-refractivity contribution in [1.82, 2.24) is 10.2 Å². The number of amides is 2. The molecule has 2 rings (SSSR count). The topological polar surface area (TPSA) is 69.6 Å². The summed E-state index contributed by atoms with van der Waals surface area (Å²) in [5, 5.41) is 12.0. The van der Waals surface area contributed by atoms with Crippen LogP contribution in [-0.4, -0.2) is 48.1 Å². The largest absolute Gasteiger partial charge is 0.396 e. The number of aliphatic hydroxyl groups is 1. The van der Waals surface area contributed by atoms with E-state index in [0.717, 1.165) is 25.9 Å². The number of benzene rings is 1. The third-order valence-electron chi connectivity index (χ3n) is 3.69. The highest BCUT2D eigenvalue weighted by Gasteiger charge is 2.21. The van der Waals surface area contributed by atoms with Crippen LogP contribution in [0.5, 0.6) is 0 Å². The summed E-state index contributed by atoms with van der Waals surface area (Å²) in [7, 11) is 0. The fourth-order valence-electron chi connectivity index (χ4n) is 2.37. The molecule has 1 fully saturated rings. The number of carbonyl (C=O) groups excluding carboxylic acids is 2. The van der Waals surface area contributed by atoms with Crippen LogP contribution < -0.4 is 5.32 Å². The number of nitrogens with one attached hydrogen (secondary N) is 1. The normalized spacial score (nSPS) is 16.7. The molecular formula is C15H19ClN2O3. The molecule has 5 nitrogen and oxygen atoms in total. The van der Waals surface area contributed by atoms with Crippen LogP contribution in [0, 0.1) is 5.92 Å². The molecule has 0 aliphatic carbocycles. The first-order chi connectivity index (χ1) is 10.1. The monoisotopic (exact) mass is 310 g/mol. The first-order valence-electron chi connectivity index (χ1n) is 7.01. The molecule has 0 saturated carbocycles. The second-order valence-electron chi connectivity index (χ2n) is 5.29. The molecule has 1 aliphatic heterocycles. The number of carbonyl (C=O) groups is 2. The van der Waals surface area contributed by atoms with Gasteiger partial charge in [-0.15, -0.1) is 0 Å². The van der Waals surface area contributed by atoms with Crippen molar-refractivity contribution < 1.29 is 14.7 Å². The first kappa shape index (κ1) is 15.9. The minimum absolute atomic E-state index is 0.203. The Morgan fingerprint density at radius 1 is 1.24 bits per heavy atom. The number of imide groups is 1. The minimum Gasteiger partial charge on any atom is -0.396 e. The smallest absolute Gasteiger partial charge is 0.257 e. The van der Waals surface area contributed by atoms with Crippen molar-refractivity contribution in [3.8, 4) is 0 Å². The van der Waals surface area contributed by atoms with E-state index in [0.29, 0.717) is 16.5 Å². The van der Waals surface area contributed by atoms with Gasteiger partial charge in [0.2, 0.25) is 5.91 Å². The van der Waals surface area contributed by atoms with E-state index >= 15 is 0 Å². The van der Waals surface area contributed by atoms with E-state index in [1.807, 2.05) is 4.90 Å². The van der Waals surface area contributed by atoms with Gasteiger partial charge >= 0.3 is 0 Å². The van der Waals surface area contributed by atoms with E-state index in [-0.39, 0.29) is 19.1 Å². The van der Waals surface area contributed by atoms with Crippen LogP contribution in [0.3, 0.4) is 0 Å². The number of rotatable bonds is 4. The van der Waals surface area contributed by atoms with E-state index in [1.54, 1.807) is 24.3 Å². The Hall–Kier alpha value is -1.43. The van der Waals surface area contributed by atoms with Gasteiger partial charge in [0.1, 0.15) is 0 Å². The van der Waals surface area contributed by atoms with Gasteiger partial charge < -0.3 is 5.11 Å². The molecule has 0 unspecified atom stereocenters. The van der Waals surface area contributed by atoms with Crippen molar-refractivity contribution in [2.75, 3.05) is 26.2 Å². The number of hydrogen-bond acceptors (Lipinski definition) is 4. The maximum Gasteiger partial charge on any atom is 0.257 e. The Morgan fingerprint density at radius 3 is 2.43 bits per heavy atom. The predicted molar refractivity (Wildman–Crippen MR) is 80.2 cm³/mol. The molecule has 0 spiro atoms. The maximum atomic E-state index is 11.9. The molecule has 1 aromatic rings. The number of nitrogens with zero attached hydrogens (tertiary/aromatic N) is 1. The second-order valence-corrected chi connectivity index (χ2v) is 5.72. The van der Waals surface area contributed by atoms with E-state index in [2.05, 4.69) is 5.32 Å². The molecule has 0 atom stereocenters. The summed E-state index contributed by atoms with van der Waals surface area (Å²) in [6.07, 6.45) is 1.77. The zero-order valence-corrected chi connectivity index (χ0v) is 12.5. The van der Waals surface area contributed by atoms with Gasteiger partial charge in [-0.25, -0.2) is 0 Å². The molecule has 2 amide bonds. The van der Waals surface area contributed by atoms with Gasteiger partial charge in [0.15, 0.2) is 0 Å². The van der Waals surface area contributed by atoms with Gasteiger partial charge in [-0.1, -0.05) is 11.6 Å². The van der Waals surface area contributed by atoms with E-state index in [4.69, 9.17) is 16.7 Å². The number of piperidine rings is 1. The average Bonchev–Trinajstić information content (AvgIpc) is 2.48. The first-order valence-corrected chi connectivity index (χ1v) is 7.39. The predicted octanol–water partition coefficient (Wildman–Crippen LogP) is 1.30. The molecule has 1 saturated heterocycles. The summed E-state index contributed by atoms with van der Waals surface area (Å²) in [6.45, 7) is 1.95. The molecule has 0 radical (unpaired) electrons. The minimum atomic E-state index is -0.415. The van der Waals surface area contributed by atoms with Gasteiger partial charge in [-0.3, -0.25) is 19.8 Å². The van der Waals surface area contributed by atoms with Gasteiger partial charge in [-0.05, 0) is 56.1 Å². The molecule has 21 heavy (non-hydrogen) atoms. The number of halogens is 1. The van der Waals surface area contributed by atoms with Gasteiger partial charge in [-0.2, -0.15) is 0 Å². The van der Waals surface area contributed by atoms with Crippen molar-refractivity contribution in [3.63, 3.8) is 0 Å². The Bertz CT molecular complexity index is 496. The third kappa shape index (κ3) is 4.81. The molecule has 0 bridgehead atoms. The van der Waals surface area contributed by atoms with Crippen molar-refractivity contribution in [3.05, 3.63) is 34.9 Å². The van der Waals surface area contributed by atoms with Crippen LogP contribution in [0.4, 0.5) is 0 Å². The molecule has 6 heteroatoms. The lowest BCUT2D eigenvalue weighted by Crippen LogP contribution is -2.43. The Morgan fingerprint density at radius 2 is 1.86 bits per heavy atom. The van der Waals surface area contributed by atoms with Crippen LogP contribution in [0.1, 0.15) is 23.2 Å². The fraction of sp³-hybridized carbons (Fsp3) is 0.467. The Labute approximate surface area is 128 Å². The van der Waals surface area contributed by atoms with Crippen molar-refractivity contribution in [2.45, 2.75) is 12.8 Å². The summed E-state index contributed by atoms with van der Waals surface area (Å²) < 4.78 is 0. The Balaban J connectivity index is 1.79. The summed E-state index contributed by atoms with van der Waals surface area (Å²) in [6, 6.07) is 6.39. The summed E-state index contributed by atoms with van der Waals surface area (Å²) in [4.78, 5) is 25.7. The number of likely N-dealkylation sites (tertiary alicyclic amines) is 1. The van der Waals surface area contributed by atoms with Gasteiger partial charge in [0, 0.05) is 17.2 Å². The highest BCUT2D eigenvalue weighted by molar-refractivity contribution is 6.30. The lowest BCUT2D eigenvalue weighted by atomic mass is 9.98. The van der Waals surface area contributed by atoms with Gasteiger partial charge in [0.05, 0.1) is 6.54 Å². The maximum absolute atomic E-state index is 11.9. The molecule has 1 heterocycles. The van der Waals surface area contributed by atoms with E-state index in [1.165, 1.54) is 0 Å². The highest BCUT2D eigenvalue weighted by Crippen LogP contribution is 2.15. The molecule has 0 aromatic heterocycles. The Kier molecular flexibility index (Phi) is 5.73. The molecule has 2 N–H and O–H groups in total. The van der Waals surface area contributed by atoms with Crippen molar-refractivity contribution >= 4 is 23.4 Å². The summed E-state index contributed by atoms with van der Waals surface area (Å²) in [5.41, 5.74) is 0.409. The fourth-order valence-corrected chi connectivity index (χ4v) is 2.50. The van der Waals surface area contributed by atoms with Crippen molar-refractivity contribution in [1.29, 1.82) is 0 Å². The highest BCUT2D eigenvalue weighted by atomic mass is 35.5.